The van der Waals surface area contributed by atoms with E-state index in [1.807, 2.05) is 0 Å². The molecule has 2 amide bonds. The van der Waals surface area contributed by atoms with Gasteiger partial charge in [0.15, 0.2) is 5.76 Å². The van der Waals surface area contributed by atoms with E-state index in [4.69, 9.17) is 16.0 Å². The van der Waals surface area contributed by atoms with E-state index in [-0.39, 0.29) is 22.1 Å². The van der Waals surface area contributed by atoms with Crippen molar-refractivity contribution in [3.8, 4) is 5.75 Å². The maximum absolute atomic E-state index is 11.7. The lowest BCUT2D eigenvalue weighted by molar-refractivity contribution is 0.0831. The lowest BCUT2D eigenvalue weighted by Gasteiger charge is -2.04. The first kappa shape index (κ1) is 12.2. The number of hydrogen-bond acceptors (Lipinski definition) is 4. The minimum absolute atomic E-state index is 0.00451. The van der Waals surface area contributed by atoms with Crippen LogP contribution in [0.2, 0.25) is 5.02 Å². The summed E-state index contributed by atoms with van der Waals surface area (Å²) in [5, 5.41) is 11.9. The van der Waals surface area contributed by atoms with Crippen LogP contribution in [0.5, 0.6) is 5.75 Å². The third-order valence-electron chi connectivity index (χ3n) is 2.18. The van der Waals surface area contributed by atoms with Gasteiger partial charge in [-0.3, -0.25) is 14.9 Å². The predicted molar refractivity (Wildman–Crippen MR) is 63.6 cm³/mol. The van der Waals surface area contributed by atoms with Crippen molar-refractivity contribution in [3.63, 3.8) is 0 Å². The van der Waals surface area contributed by atoms with Crippen molar-refractivity contribution in [1.82, 2.24) is 5.32 Å². The fourth-order valence-electron chi connectivity index (χ4n) is 1.33. The third-order valence-corrected chi connectivity index (χ3v) is 2.41. The van der Waals surface area contributed by atoms with Gasteiger partial charge in [0.1, 0.15) is 5.75 Å². The zero-order valence-electron chi connectivity index (χ0n) is 9.01. The second-order valence-corrected chi connectivity index (χ2v) is 3.86. The quantitative estimate of drug-likeness (QED) is 0.816. The first-order valence-corrected chi connectivity index (χ1v) is 5.33. The summed E-state index contributed by atoms with van der Waals surface area (Å²) in [7, 11) is 0. The van der Waals surface area contributed by atoms with Crippen LogP contribution in [0.3, 0.4) is 0 Å². The Hall–Kier alpha value is -2.27. The SMILES string of the molecule is O=C(NC(=O)c1cc(Cl)ccc1O)c1ccco1. The highest BCUT2D eigenvalue weighted by Gasteiger charge is 2.17. The van der Waals surface area contributed by atoms with Crippen molar-refractivity contribution in [2.45, 2.75) is 0 Å². The summed E-state index contributed by atoms with van der Waals surface area (Å²) in [6, 6.07) is 6.91. The average Bonchev–Trinajstić information content (AvgIpc) is 2.85. The zero-order chi connectivity index (χ0) is 13.1. The molecule has 1 heterocycles. The molecule has 92 valence electrons. The summed E-state index contributed by atoms with van der Waals surface area (Å²) in [5.41, 5.74) is -0.0811. The largest absolute Gasteiger partial charge is 0.507 e. The molecule has 18 heavy (non-hydrogen) atoms. The minimum Gasteiger partial charge on any atom is -0.507 e. The lowest BCUT2D eigenvalue weighted by atomic mass is 10.2. The Labute approximate surface area is 107 Å². The molecule has 0 saturated heterocycles. The van der Waals surface area contributed by atoms with Gasteiger partial charge >= 0.3 is 0 Å². The molecule has 6 heteroatoms. The molecule has 0 radical (unpaired) electrons. The maximum Gasteiger partial charge on any atom is 0.293 e. The molecule has 2 rings (SSSR count). The fourth-order valence-corrected chi connectivity index (χ4v) is 1.50. The molecule has 0 aliphatic heterocycles. The standard InChI is InChI=1S/C12H8ClNO4/c13-7-3-4-9(15)8(6-7)11(16)14-12(17)10-2-1-5-18-10/h1-6,15H,(H,14,16,17). The Morgan fingerprint density at radius 2 is 2.00 bits per heavy atom. The van der Waals surface area contributed by atoms with Gasteiger partial charge in [0.2, 0.25) is 0 Å². The second kappa shape index (κ2) is 4.93. The van der Waals surface area contributed by atoms with Gasteiger partial charge in [-0.1, -0.05) is 11.6 Å². The van der Waals surface area contributed by atoms with Crippen LogP contribution in [-0.4, -0.2) is 16.9 Å². The van der Waals surface area contributed by atoms with Gasteiger partial charge in [0.05, 0.1) is 11.8 Å². The van der Waals surface area contributed by atoms with Gasteiger partial charge in [-0.2, -0.15) is 0 Å². The molecular formula is C12H8ClNO4. The van der Waals surface area contributed by atoms with Crippen LogP contribution < -0.4 is 5.32 Å². The molecule has 0 fully saturated rings. The second-order valence-electron chi connectivity index (χ2n) is 3.42. The van der Waals surface area contributed by atoms with Crippen LogP contribution in [0.25, 0.3) is 0 Å². The molecule has 1 aromatic heterocycles. The first-order chi connectivity index (χ1) is 8.58. The Kier molecular flexibility index (Phi) is 3.34. The highest BCUT2D eigenvalue weighted by molar-refractivity contribution is 6.31. The number of carbonyl (C=O) groups excluding carboxylic acids is 2. The van der Waals surface area contributed by atoms with Gasteiger partial charge in [0, 0.05) is 5.02 Å². The number of hydrogen-bond donors (Lipinski definition) is 2. The van der Waals surface area contributed by atoms with E-state index >= 15 is 0 Å². The van der Waals surface area contributed by atoms with Crippen molar-refractivity contribution in [2.24, 2.45) is 0 Å². The van der Waals surface area contributed by atoms with Crippen molar-refractivity contribution in [3.05, 3.63) is 52.9 Å². The van der Waals surface area contributed by atoms with Gasteiger partial charge in [-0.25, -0.2) is 0 Å². The predicted octanol–water partition coefficient (Wildman–Crippen LogP) is 2.21. The molecule has 2 N–H and O–H groups in total. The molecule has 0 saturated carbocycles. The number of aromatic hydroxyl groups is 1. The minimum atomic E-state index is -0.753. The summed E-state index contributed by atoms with van der Waals surface area (Å²) in [4.78, 5) is 23.3. The maximum atomic E-state index is 11.7. The Bertz CT molecular complexity index is 592. The van der Waals surface area contributed by atoms with Crippen LogP contribution in [0.1, 0.15) is 20.9 Å². The molecule has 0 bridgehead atoms. The first-order valence-electron chi connectivity index (χ1n) is 4.95. The molecule has 0 unspecified atom stereocenters. The molecule has 0 atom stereocenters. The van der Waals surface area contributed by atoms with E-state index in [9.17, 15) is 14.7 Å². The van der Waals surface area contributed by atoms with E-state index in [1.165, 1.54) is 36.6 Å². The van der Waals surface area contributed by atoms with Crippen molar-refractivity contribution >= 4 is 23.4 Å². The summed E-state index contributed by atoms with van der Waals surface area (Å²) in [6.07, 6.45) is 1.32. The zero-order valence-corrected chi connectivity index (χ0v) is 9.77. The Morgan fingerprint density at radius 1 is 1.22 bits per heavy atom. The van der Waals surface area contributed by atoms with E-state index in [2.05, 4.69) is 5.32 Å². The number of amides is 2. The van der Waals surface area contributed by atoms with E-state index in [0.29, 0.717) is 0 Å². The molecular weight excluding hydrogens is 258 g/mol. The van der Waals surface area contributed by atoms with E-state index < -0.39 is 11.8 Å². The van der Waals surface area contributed by atoms with Crippen LogP contribution in [0, 0.1) is 0 Å². The van der Waals surface area contributed by atoms with Crippen molar-refractivity contribution < 1.29 is 19.1 Å². The number of halogens is 1. The van der Waals surface area contributed by atoms with Crippen LogP contribution in [0.15, 0.2) is 41.0 Å². The average molecular weight is 266 g/mol. The summed E-state index contributed by atoms with van der Waals surface area (Å²) in [6.45, 7) is 0. The van der Waals surface area contributed by atoms with Crippen LogP contribution >= 0.6 is 11.6 Å². The molecule has 0 spiro atoms. The number of carbonyl (C=O) groups is 2. The summed E-state index contributed by atoms with van der Waals surface area (Å²) < 4.78 is 4.83. The monoisotopic (exact) mass is 265 g/mol. The van der Waals surface area contributed by atoms with E-state index in [1.54, 1.807) is 0 Å². The Morgan fingerprint density at radius 3 is 2.67 bits per heavy atom. The summed E-state index contributed by atoms with van der Waals surface area (Å²) in [5.74, 6) is -1.70. The molecule has 2 aromatic rings. The number of imide groups is 1. The highest BCUT2D eigenvalue weighted by atomic mass is 35.5. The summed E-state index contributed by atoms with van der Waals surface area (Å²) >= 11 is 5.70. The number of phenols is 1. The highest BCUT2D eigenvalue weighted by Crippen LogP contribution is 2.21. The molecule has 1 aromatic carbocycles. The number of phenolic OH excluding ortho intramolecular Hbond substituents is 1. The van der Waals surface area contributed by atoms with Gasteiger partial charge in [-0.05, 0) is 30.3 Å². The number of rotatable bonds is 2. The van der Waals surface area contributed by atoms with Gasteiger partial charge < -0.3 is 9.52 Å². The fraction of sp³-hybridized carbons (Fsp3) is 0. The number of furan rings is 1. The van der Waals surface area contributed by atoms with Crippen molar-refractivity contribution in [1.29, 1.82) is 0 Å². The molecule has 5 nitrogen and oxygen atoms in total. The number of benzene rings is 1. The normalized spacial score (nSPS) is 10.1. The van der Waals surface area contributed by atoms with Crippen molar-refractivity contribution in [2.75, 3.05) is 0 Å². The molecule has 0 aliphatic carbocycles. The smallest absolute Gasteiger partial charge is 0.293 e. The van der Waals surface area contributed by atoms with Crippen LogP contribution in [-0.2, 0) is 0 Å². The van der Waals surface area contributed by atoms with Gasteiger partial charge in [0.25, 0.3) is 11.8 Å². The molecule has 0 aliphatic rings. The third kappa shape index (κ3) is 2.52. The topological polar surface area (TPSA) is 79.5 Å². The van der Waals surface area contributed by atoms with Crippen LogP contribution in [0.4, 0.5) is 0 Å². The lowest BCUT2D eigenvalue weighted by Crippen LogP contribution is -2.30. The number of nitrogens with one attached hydrogen (secondary N) is 1. The van der Waals surface area contributed by atoms with Gasteiger partial charge in [-0.15, -0.1) is 0 Å². The Balaban J connectivity index is 2.17. The van der Waals surface area contributed by atoms with E-state index in [0.717, 1.165) is 0 Å².